The monoisotopic (exact) mass is 428 g/mol. The van der Waals surface area contributed by atoms with E-state index in [1.807, 2.05) is 0 Å². The number of nitrogens with one attached hydrogen (secondary N) is 1. The van der Waals surface area contributed by atoms with E-state index in [1.54, 1.807) is 30.3 Å². The number of nitrogens with zero attached hydrogens (tertiary/aromatic N) is 1. The van der Waals surface area contributed by atoms with Gasteiger partial charge in [-0.05, 0) is 35.9 Å². The molecule has 2 aliphatic heterocycles. The first-order valence-electron chi connectivity index (χ1n) is 8.25. The van der Waals surface area contributed by atoms with Gasteiger partial charge in [-0.15, -0.1) is 0 Å². The zero-order valence-corrected chi connectivity index (χ0v) is 16.6. The molecule has 2 saturated heterocycles. The van der Waals surface area contributed by atoms with Crippen LogP contribution in [0, 0.1) is 0 Å². The lowest BCUT2D eigenvalue weighted by Gasteiger charge is -2.14. The molecule has 1 N–H and O–H groups in total. The van der Waals surface area contributed by atoms with Gasteiger partial charge >= 0.3 is 0 Å². The highest BCUT2D eigenvalue weighted by Crippen LogP contribution is 2.33. The maximum atomic E-state index is 12.4. The van der Waals surface area contributed by atoms with Crippen LogP contribution in [0.15, 0.2) is 29.2 Å². The average Bonchev–Trinajstić information content (AvgIpc) is 3.07. The predicted molar refractivity (Wildman–Crippen MR) is 104 cm³/mol. The molecule has 0 aliphatic carbocycles. The quantitative estimate of drug-likeness (QED) is 0.720. The molecule has 2 heterocycles. The minimum atomic E-state index is -3.08. The smallest absolute Gasteiger partial charge is 0.293 e. The molecular weight excluding hydrogens is 412 g/mol. The summed E-state index contributed by atoms with van der Waals surface area (Å²) in [6, 6.07) is 6.55. The maximum absolute atomic E-state index is 12.4. The van der Waals surface area contributed by atoms with Crippen molar-refractivity contribution in [1.82, 2.24) is 10.2 Å². The fraction of sp³-hybridized carbons (Fsp3) is 0.353. The second kappa shape index (κ2) is 8.04. The Bertz CT molecular complexity index is 929. The van der Waals surface area contributed by atoms with Gasteiger partial charge in [0.1, 0.15) is 0 Å². The van der Waals surface area contributed by atoms with Crippen LogP contribution in [0.25, 0.3) is 6.08 Å². The molecule has 1 aromatic rings. The largest absolute Gasteiger partial charge is 0.352 e. The first-order valence-corrected chi connectivity index (χ1v) is 11.3. The molecule has 2 aliphatic rings. The van der Waals surface area contributed by atoms with Crippen molar-refractivity contribution in [2.24, 2.45) is 0 Å². The predicted octanol–water partition coefficient (Wildman–Crippen LogP) is 2.07. The lowest BCUT2D eigenvalue weighted by atomic mass is 10.2. The second-order valence-electron chi connectivity index (χ2n) is 6.27. The second-order valence-corrected chi connectivity index (χ2v) is 9.90. The molecule has 0 saturated carbocycles. The Morgan fingerprint density at radius 2 is 2.07 bits per heavy atom. The van der Waals surface area contributed by atoms with Gasteiger partial charge in [0.25, 0.3) is 11.1 Å². The summed E-state index contributed by atoms with van der Waals surface area (Å²) in [5, 5.41) is 2.66. The summed E-state index contributed by atoms with van der Waals surface area (Å²) in [5.74, 6) is -0.859. The Hall–Kier alpha value is -1.84. The number of rotatable bonds is 5. The standard InChI is InChI=1S/C17H17ClN2O5S2/c18-13-4-2-1-3-11(13)9-14-16(22)20(17(23)26-14)7-5-15(21)19-12-6-8-27(24,25)10-12/h1-4,9,12H,5-8,10H2,(H,19,21)/b14-9-/t12-/m1/s1. The van der Waals surface area contributed by atoms with Crippen LogP contribution < -0.4 is 5.32 Å². The van der Waals surface area contributed by atoms with E-state index in [0.29, 0.717) is 17.0 Å². The van der Waals surface area contributed by atoms with Crippen molar-refractivity contribution >= 4 is 56.3 Å². The van der Waals surface area contributed by atoms with E-state index in [1.165, 1.54) is 0 Å². The molecule has 0 spiro atoms. The van der Waals surface area contributed by atoms with Gasteiger partial charge < -0.3 is 5.32 Å². The van der Waals surface area contributed by atoms with Crippen molar-refractivity contribution in [2.75, 3.05) is 18.1 Å². The minimum absolute atomic E-state index is 0.0597. The van der Waals surface area contributed by atoms with Gasteiger partial charge in [-0.1, -0.05) is 29.8 Å². The third-order valence-electron chi connectivity index (χ3n) is 4.23. The molecule has 7 nitrogen and oxygen atoms in total. The topological polar surface area (TPSA) is 101 Å². The number of hydrogen-bond donors (Lipinski definition) is 1. The minimum Gasteiger partial charge on any atom is -0.352 e. The molecule has 0 bridgehead atoms. The highest BCUT2D eigenvalue weighted by Gasteiger charge is 2.35. The van der Waals surface area contributed by atoms with Gasteiger partial charge in [-0.2, -0.15) is 0 Å². The van der Waals surface area contributed by atoms with Crippen molar-refractivity contribution < 1.29 is 22.8 Å². The van der Waals surface area contributed by atoms with E-state index < -0.39 is 27.0 Å². The summed E-state index contributed by atoms with van der Waals surface area (Å²) in [5.41, 5.74) is 0.629. The lowest BCUT2D eigenvalue weighted by Crippen LogP contribution is -2.38. The molecule has 0 radical (unpaired) electrons. The summed E-state index contributed by atoms with van der Waals surface area (Å²) in [4.78, 5) is 37.8. The number of halogens is 1. The summed E-state index contributed by atoms with van der Waals surface area (Å²) in [7, 11) is -3.08. The number of hydrogen-bond acceptors (Lipinski definition) is 6. The summed E-state index contributed by atoms with van der Waals surface area (Å²) in [6.45, 7) is -0.0597. The van der Waals surface area contributed by atoms with Gasteiger partial charge in [-0.3, -0.25) is 19.3 Å². The molecule has 2 fully saturated rings. The normalized spacial score (nSPS) is 23.2. The zero-order chi connectivity index (χ0) is 19.6. The molecule has 144 valence electrons. The van der Waals surface area contributed by atoms with Crippen LogP contribution in [0.1, 0.15) is 18.4 Å². The fourth-order valence-electron chi connectivity index (χ4n) is 2.85. The molecule has 3 rings (SSSR count). The third kappa shape index (κ3) is 4.91. The van der Waals surface area contributed by atoms with Crippen LogP contribution in [0.4, 0.5) is 4.79 Å². The highest BCUT2D eigenvalue weighted by atomic mass is 35.5. The van der Waals surface area contributed by atoms with E-state index in [0.717, 1.165) is 16.7 Å². The van der Waals surface area contributed by atoms with Gasteiger partial charge in [-0.25, -0.2) is 8.42 Å². The Morgan fingerprint density at radius 1 is 1.33 bits per heavy atom. The van der Waals surface area contributed by atoms with E-state index in [4.69, 9.17) is 11.6 Å². The van der Waals surface area contributed by atoms with Gasteiger partial charge in [0, 0.05) is 24.0 Å². The van der Waals surface area contributed by atoms with Crippen LogP contribution in [0.2, 0.25) is 5.02 Å². The van der Waals surface area contributed by atoms with Crippen LogP contribution in [0.5, 0.6) is 0 Å². The van der Waals surface area contributed by atoms with Crippen LogP contribution >= 0.6 is 23.4 Å². The van der Waals surface area contributed by atoms with Crippen molar-refractivity contribution in [2.45, 2.75) is 18.9 Å². The van der Waals surface area contributed by atoms with Gasteiger partial charge in [0.2, 0.25) is 5.91 Å². The molecular formula is C17H17ClN2O5S2. The maximum Gasteiger partial charge on any atom is 0.293 e. The molecule has 0 aromatic heterocycles. The van der Waals surface area contributed by atoms with Crippen molar-refractivity contribution in [1.29, 1.82) is 0 Å². The number of thioether (sulfide) groups is 1. The number of imide groups is 1. The van der Waals surface area contributed by atoms with Crippen molar-refractivity contribution in [3.63, 3.8) is 0 Å². The molecule has 1 aromatic carbocycles. The number of benzene rings is 1. The SMILES string of the molecule is O=C(CCN1C(=O)S/C(=C\c2ccccc2Cl)C1=O)N[C@@H]1CCS(=O)(=O)C1. The van der Waals surface area contributed by atoms with E-state index in [2.05, 4.69) is 5.32 Å². The first-order chi connectivity index (χ1) is 12.7. The number of amides is 3. The zero-order valence-electron chi connectivity index (χ0n) is 14.2. The number of carbonyl (C=O) groups excluding carboxylic acids is 3. The van der Waals surface area contributed by atoms with E-state index in [-0.39, 0.29) is 35.3 Å². The highest BCUT2D eigenvalue weighted by molar-refractivity contribution is 8.18. The van der Waals surface area contributed by atoms with E-state index in [9.17, 15) is 22.8 Å². The molecule has 10 heteroatoms. The fourth-order valence-corrected chi connectivity index (χ4v) is 5.57. The summed E-state index contributed by atoms with van der Waals surface area (Å²) >= 11 is 6.87. The Kier molecular flexibility index (Phi) is 5.92. The number of sulfone groups is 1. The summed E-state index contributed by atoms with van der Waals surface area (Å²) < 4.78 is 22.8. The molecule has 1 atom stereocenters. The summed E-state index contributed by atoms with van der Waals surface area (Å²) in [6.07, 6.45) is 1.86. The van der Waals surface area contributed by atoms with Crippen molar-refractivity contribution in [3.8, 4) is 0 Å². The lowest BCUT2D eigenvalue weighted by molar-refractivity contribution is -0.124. The molecule has 3 amide bonds. The Labute approximate surface area is 166 Å². The molecule has 27 heavy (non-hydrogen) atoms. The average molecular weight is 429 g/mol. The van der Waals surface area contributed by atoms with Crippen molar-refractivity contribution in [3.05, 3.63) is 39.8 Å². The first kappa shape index (κ1) is 19.9. The Morgan fingerprint density at radius 3 is 2.74 bits per heavy atom. The number of carbonyl (C=O) groups is 3. The van der Waals surface area contributed by atoms with Gasteiger partial charge in [0.15, 0.2) is 9.84 Å². The third-order valence-corrected chi connectivity index (χ3v) is 7.24. The molecule has 0 unspecified atom stereocenters. The van der Waals surface area contributed by atoms with Crippen LogP contribution in [-0.4, -0.2) is 54.5 Å². The van der Waals surface area contributed by atoms with E-state index >= 15 is 0 Å². The van der Waals surface area contributed by atoms with Crippen LogP contribution in [-0.2, 0) is 19.4 Å². The van der Waals surface area contributed by atoms with Crippen LogP contribution in [0.3, 0.4) is 0 Å². The Balaban J connectivity index is 1.58. The van der Waals surface area contributed by atoms with Gasteiger partial charge in [0.05, 0.1) is 16.4 Å².